The van der Waals surface area contributed by atoms with Gasteiger partial charge in [-0.3, -0.25) is 4.79 Å². The van der Waals surface area contributed by atoms with Crippen LogP contribution in [0.4, 0.5) is 0 Å². The van der Waals surface area contributed by atoms with Crippen molar-refractivity contribution in [3.8, 4) is 0 Å². The average Bonchev–Trinajstić information content (AvgIpc) is 2.55. The third-order valence-electron chi connectivity index (χ3n) is 2.80. The molecule has 1 aromatic carbocycles. The molecule has 1 aliphatic heterocycles. The Bertz CT molecular complexity index is 768. The number of ether oxygens (including phenoxy) is 3. The van der Waals surface area contributed by atoms with Gasteiger partial charge in [-0.25, -0.2) is 4.79 Å². The van der Waals surface area contributed by atoms with Gasteiger partial charge in [-0.1, -0.05) is 17.3 Å². The zero-order valence-electron chi connectivity index (χ0n) is 10.9. The highest BCUT2D eigenvalue weighted by atomic mass is 16.6. The van der Waals surface area contributed by atoms with E-state index >= 15 is 0 Å². The van der Waals surface area contributed by atoms with Crippen LogP contribution in [0.25, 0.3) is 10.9 Å². The molecule has 2 aromatic rings. The molecule has 21 heavy (non-hydrogen) atoms. The number of rotatable bonds is 3. The molecular formula is C13H11N3O5. The lowest BCUT2D eigenvalue weighted by Gasteiger charge is -2.14. The molecule has 0 unspecified atom stereocenters. The summed E-state index contributed by atoms with van der Waals surface area (Å²) in [5.41, 5.74) is 0.0972. The number of carbonyl (C=O) groups is 1. The molecule has 3 rings (SSSR count). The monoisotopic (exact) mass is 289 g/mol. The van der Waals surface area contributed by atoms with Crippen molar-refractivity contribution in [3.63, 3.8) is 0 Å². The Morgan fingerprint density at radius 1 is 1.33 bits per heavy atom. The Labute approximate surface area is 118 Å². The topological polar surface area (TPSA) is 92.5 Å². The largest absolute Gasteiger partial charge is 0.493 e. The first-order valence-electron chi connectivity index (χ1n) is 6.20. The second-order valence-corrected chi connectivity index (χ2v) is 4.17. The first-order valence-corrected chi connectivity index (χ1v) is 6.20. The molecule has 0 fully saturated rings. The maximum atomic E-state index is 12.1. The third-order valence-corrected chi connectivity index (χ3v) is 2.80. The van der Waals surface area contributed by atoms with E-state index in [-0.39, 0.29) is 24.7 Å². The summed E-state index contributed by atoms with van der Waals surface area (Å²) in [4.78, 5) is 23.8. The summed E-state index contributed by atoms with van der Waals surface area (Å²) < 4.78 is 15.9. The van der Waals surface area contributed by atoms with Gasteiger partial charge in [0, 0.05) is 0 Å². The Morgan fingerprint density at radius 3 is 3.00 bits per heavy atom. The maximum Gasteiger partial charge on any atom is 0.378 e. The van der Waals surface area contributed by atoms with Crippen molar-refractivity contribution in [2.75, 3.05) is 13.2 Å². The van der Waals surface area contributed by atoms with Gasteiger partial charge in [-0.15, -0.1) is 5.10 Å². The van der Waals surface area contributed by atoms with Crippen molar-refractivity contribution in [2.24, 2.45) is 0 Å². The van der Waals surface area contributed by atoms with Gasteiger partial charge in [0.25, 0.3) is 5.56 Å². The highest BCUT2D eigenvalue weighted by Crippen LogP contribution is 2.07. The molecule has 0 saturated heterocycles. The van der Waals surface area contributed by atoms with Crippen LogP contribution in [0.3, 0.4) is 0 Å². The minimum absolute atomic E-state index is 0.0388. The lowest BCUT2D eigenvalue weighted by atomic mass is 10.2. The van der Waals surface area contributed by atoms with Crippen molar-refractivity contribution >= 4 is 16.9 Å². The fraction of sp³-hybridized carbons (Fsp3) is 0.231. The predicted octanol–water partition coefficient (Wildman–Crippen LogP) is 0.180. The van der Waals surface area contributed by atoms with Crippen LogP contribution in [0.5, 0.6) is 0 Å². The minimum atomic E-state index is -0.725. The van der Waals surface area contributed by atoms with Gasteiger partial charge >= 0.3 is 5.97 Å². The van der Waals surface area contributed by atoms with E-state index < -0.39 is 5.97 Å². The summed E-state index contributed by atoms with van der Waals surface area (Å²) in [7, 11) is 0. The average molecular weight is 289 g/mol. The fourth-order valence-corrected chi connectivity index (χ4v) is 1.77. The van der Waals surface area contributed by atoms with E-state index in [0.29, 0.717) is 17.5 Å². The molecule has 0 bridgehead atoms. The summed E-state index contributed by atoms with van der Waals surface area (Å²) >= 11 is 0. The van der Waals surface area contributed by atoms with E-state index in [1.165, 1.54) is 6.26 Å². The molecule has 0 radical (unpaired) electrons. The van der Waals surface area contributed by atoms with Crippen LogP contribution >= 0.6 is 0 Å². The lowest BCUT2D eigenvalue weighted by Crippen LogP contribution is -2.27. The fourth-order valence-electron chi connectivity index (χ4n) is 1.77. The smallest absolute Gasteiger partial charge is 0.378 e. The number of esters is 1. The van der Waals surface area contributed by atoms with Gasteiger partial charge in [-0.05, 0) is 12.1 Å². The zero-order valence-corrected chi connectivity index (χ0v) is 10.9. The van der Waals surface area contributed by atoms with Crippen LogP contribution in [0.2, 0.25) is 0 Å². The van der Waals surface area contributed by atoms with Crippen LogP contribution in [0.1, 0.15) is 0 Å². The van der Waals surface area contributed by atoms with Gasteiger partial charge in [0.15, 0.2) is 6.73 Å². The van der Waals surface area contributed by atoms with E-state index in [4.69, 9.17) is 14.2 Å². The van der Waals surface area contributed by atoms with Crippen molar-refractivity contribution in [1.82, 2.24) is 15.0 Å². The third kappa shape index (κ3) is 2.69. The number of nitrogens with zero attached hydrogens (tertiary/aromatic N) is 3. The Hall–Kier alpha value is -2.90. The van der Waals surface area contributed by atoms with Crippen LogP contribution in [0, 0.1) is 0 Å². The SMILES string of the molecule is O=C(OCn1nnc2ccccc2c1=O)C1=COCCO1. The Kier molecular flexibility index (Phi) is 3.50. The van der Waals surface area contributed by atoms with Crippen molar-refractivity contribution in [2.45, 2.75) is 6.73 Å². The van der Waals surface area contributed by atoms with Crippen molar-refractivity contribution in [3.05, 3.63) is 46.6 Å². The Balaban J connectivity index is 1.76. The van der Waals surface area contributed by atoms with Crippen molar-refractivity contribution < 1.29 is 19.0 Å². The quantitative estimate of drug-likeness (QED) is 0.744. The molecule has 0 N–H and O–H groups in total. The summed E-state index contributed by atoms with van der Waals surface area (Å²) in [5.74, 6) is -0.764. The van der Waals surface area contributed by atoms with Gasteiger partial charge in [0.1, 0.15) is 25.0 Å². The van der Waals surface area contributed by atoms with Gasteiger partial charge in [0.05, 0.1) is 5.39 Å². The summed E-state index contributed by atoms with van der Waals surface area (Å²) in [5, 5.41) is 8.00. The van der Waals surface area contributed by atoms with E-state index in [1.807, 2.05) is 0 Å². The number of hydrogen-bond donors (Lipinski definition) is 0. The second kappa shape index (κ2) is 5.61. The van der Waals surface area contributed by atoms with Crippen LogP contribution < -0.4 is 5.56 Å². The first kappa shape index (κ1) is 13.1. The molecule has 0 spiro atoms. The predicted molar refractivity (Wildman–Crippen MR) is 69.9 cm³/mol. The Morgan fingerprint density at radius 2 is 2.19 bits per heavy atom. The molecule has 0 aliphatic carbocycles. The zero-order chi connectivity index (χ0) is 14.7. The van der Waals surface area contributed by atoms with E-state index in [2.05, 4.69) is 10.3 Å². The van der Waals surface area contributed by atoms with E-state index in [1.54, 1.807) is 24.3 Å². The number of fused-ring (bicyclic) bond motifs is 1. The second-order valence-electron chi connectivity index (χ2n) is 4.17. The van der Waals surface area contributed by atoms with Crippen molar-refractivity contribution in [1.29, 1.82) is 0 Å². The maximum absolute atomic E-state index is 12.1. The molecule has 2 heterocycles. The molecule has 1 aromatic heterocycles. The first-order chi connectivity index (χ1) is 10.3. The van der Waals surface area contributed by atoms with Crippen LogP contribution in [-0.2, 0) is 25.7 Å². The lowest BCUT2D eigenvalue weighted by molar-refractivity contribution is -0.149. The normalized spacial score (nSPS) is 14.0. The molecule has 8 heteroatoms. The molecular weight excluding hydrogens is 278 g/mol. The summed E-state index contributed by atoms with van der Waals surface area (Å²) in [6, 6.07) is 6.79. The van der Waals surface area contributed by atoms with Gasteiger partial charge in [0.2, 0.25) is 5.76 Å². The molecule has 0 saturated carbocycles. The van der Waals surface area contributed by atoms with Gasteiger partial charge in [-0.2, -0.15) is 4.68 Å². The highest BCUT2D eigenvalue weighted by molar-refractivity contribution is 5.85. The molecule has 0 atom stereocenters. The molecule has 0 amide bonds. The standard InChI is InChI=1S/C13H11N3O5/c17-12-9-3-1-2-4-10(9)14-15-16(12)8-21-13(18)11-7-19-5-6-20-11/h1-4,7H,5-6,8H2. The minimum Gasteiger partial charge on any atom is -0.493 e. The van der Waals surface area contributed by atoms with Crippen LogP contribution in [-0.4, -0.2) is 34.2 Å². The van der Waals surface area contributed by atoms with Gasteiger partial charge < -0.3 is 14.2 Å². The molecule has 108 valence electrons. The van der Waals surface area contributed by atoms with Crippen LogP contribution in [0.15, 0.2) is 41.1 Å². The van der Waals surface area contributed by atoms with E-state index in [0.717, 1.165) is 4.68 Å². The summed E-state index contributed by atoms with van der Waals surface area (Å²) in [6.07, 6.45) is 1.18. The highest BCUT2D eigenvalue weighted by Gasteiger charge is 2.17. The number of aromatic nitrogens is 3. The molecule has 1 aliphatic rings. The number of benzene rings is 1. The van der Waals surface area contributed by atoms with E-state index in [9.17, 15) is 9.59 Å². The summed E-state index contributed by atoms with van der Waals surface area (Å²) in [6.45, 7) is 0.305. The molecule has 8 nitrogen and oxygen atoms in total. The number of hydrogen-bond acceptors (Lipinski definition) is 7. The number of carbonyl (C=O) groups excluding carboxylic acids is 1.